The maximum Gasteiger partial charge on any atom is 0.170 e. The van der Waals surface area contributed by atoms with Crippen molar-refractivity contribution < 1.29 is 0 Å². The van der Waals surface area contributed by atoms with Crippen LogP contribution in [-0.4, -0.2) is 0 Å². The van der Waals surface area contributed by atoms with Gasteiger partial charge in [0.1, 0.15) is 0 Å². The van der Waals surface area contributed by atoms with Crippen LogP contribution in [0.15, 0.2) is 187 Å². The molecule has 0 aromatic heterocycles. The van der Waals surface area contributed by atoms with E-state index in [1.165, 1.54) is 51.6 Å². The van der Waals surface area contributed by atoms with Crippen LogP contribution in [0.3, 0.4) is 0 Å². The van der Waals surface area contributed by atoms with Crippen LogP contribution in [0.2, 0.25) is 0 Å². The van der Waals surface area contributed by atoms with Crippen LogP contribution in [-0.2, 0) is 28.2 Å². The lowest BCUT2D eigenvalue weighted by molar-refractivity contribution is 0.611. The van der Waals surface area contributed by atoms with Crippen LogP contribution >= 0.6 is 0 Å². The van der Waals surface area contributed by atoms with E-state index < -0.39 is 0 Å². The Morgan fingerprint density at radius 1 is 0.378 bits per heavy atom. The molecule has 45 heavy (non-hydrogen) atoms. The van der Waals surface area contributed by atoms with Gasteiger partial charge in [0.25, 0.3) is 0 Å². The van der Waals surface area contributed by atoms with Crippen LogP contribution in [0.4, 0.5) is 0 Å². The standard InChI is InChI=1S/C22H21S.C21H19S/c1-16-17(2)20-13-7-9-15-22(20)23(18-10-4-3-5-11-18)21-14-8-6-12-19(16)21;1-16-15-17-9-5-7-13-20(17)22(18-10-3-2-4-11-18)21-14-8-6-12-19(16)21/h3-17H,1-2H3;2-14,16H,15H2,1H3/q2*+1. The Labute approximate surface area is 274 Å². The number of hydrogen-bond acceptors (Lipinski definition) is 0. The van der Waals surface area contributed by atoms with E-state index >= 15 is 0 Å². The minimum Gasteiger partial charge on any atom is -0.0619 e. The maximum atomic E-state index is 2.37. The minimum absolute atomic E-state index is 0.00403. The molecule has 6 aromatic rings. The molecule has 4 unspecified atom stereocenters. The first-order chi connectivity index (χ1) is 22.1. The molecule has 0 aliphatic carbocycles. The van der Waals surface area contributed by atoms with Gasteiger partial charge in [0.2, 0.25) is 0 Å². The SMILES string of the molecule is CC1Cc2ccccc2[S+](c2ccccc2)c2ccccc21.CC1c2ccccc2[S+](c2ccccc2)c2ccccc2C1C. The van der Waals surface area contributed by atoms with Gasteiger partial charge >= 0.3 is 0 Å². The lowest BCUT2D eigenvalue weighted by atomic mass is 9.84. The molecular formula is C43H40S2+2. The molecule has 0 radical (unpaired) electrons. The van der Waals surface area contributed by atoms with E-state index in [1.54, 1.807) is 0 Å². The molecular weight excluding hydrogens is 581 g/mol. The van der Waals surface area contributed by atoms with Crippen molar-refractivity contribution in [3.63, 3.8) is 0 Å². The molecule has 2 heterocycles. The molecule has 2 aliphatic heterocycles. The molecule has 0 bridgehead atoms. The van der Waals surface area contributed by atoms with E-state index in [0.29, 0.717) is 17.8 Å². The third-order valence-electron chi connectivity index (χ3n) is 9.36. The van der Waals surface area contributed by atoms with Crippen molar-refractivity contribution in [1.82, 2.24) is 0 Å². The van der Waals surface area contributed by atoms with E-state index in [9.17, 15) is 0 Å². The Hall–Kier alpha value is -3.98. The van der Waals surface area contributed by atoms with Gasteiger partial charge in [-0.1, -0.05) is 130 Å². The first-order valence-electron chi connectivity index (χ1n) is 16.0. The summed E-state index contributed by atoms with van der Waals surface area (Å²) in [6.45, 7) is 7.10. The third kappa shape index (κ3) is 5.78. The topological polar surface area (TPSA) is 0 Å². The van der Waals surface area contributed by atoms with Gasteiger partial charge in [-0.15, -0.1) is 0 Å². The summed E-state index contributed by atoms with van der Waals surface area (Å²) in [5.41, 5.74) is 6.01. The van der Waals surface area contributed by atoms with Crippen molar-refractivity contribution in [1.29, 1.82) is 0 Å². The van der Waals surface area contributed by atoms with E-state index in [2.05, 4.69) is 178 Å². The molecule has 0 saturated heterocycles. The summed E-state index contributed by atoms with van der Waals surface area (Å²) in [4.78, 5) is 8.79. The normalized spacial score (nSPS) is 21.4. The minimum atomic E-state index is -0.0167. The molecule has 222 valence electrons. The first kappa shape index (κ1) is 29.7. The fourth-order valence-electron chi connectivity index (χ4n) is 6.87. The molecule has 4 atom stereocenters. The highest BCUT2D eigenvalue weighted by molar-refractivity contribution is 7.97. The Morgan fingerprint density at radius 3 is 1.24 bits per heavy atom. The van der Waals surface area contributed by atoms with Gasteiger partial charge in [0, 0.05) is 22.3 Å². The Kier molecular flexibility index (Phi) is 8.70. The number of hydrogen-bond donors (Lipinski definition) is 0. The average molecular weight is 621 g/mol. The zero-order chi connectivity index (χ0) is 30.8. The van der Waals surface area contributed by atoms with E-state index in [4.69, 9.17) is 0 Å². The second-order valence-electron chi connectivity index (χ2n) is 12.1. The molecule has 0 nitrogen and oxygen atoms in total. The average Bonchev–Trinajstić information content (AvgIpc) is 3.28. The van der Waals surface area contributed by atoms with Crippen molar-refractivity contribution in [2.24, 2.45) is 0 Å². The van der Waals surface area contributed by atoms with Crippen molar-refractivity contribution in [3.8, 4) is 0 Å². The van der Waals surface area contributed by atoms with Crippen molar-refractivity contribution in [2.45, 2.75) is 74.3 Å². The monoisotopic (exact) mass is 620 g/mol. The lowest BCUT2D eigenvalue weighted by Gasteiger charge is -2.17. The summed E-state index contributed by atoms with van der Waals surface area (Å²) >= 11 is 0. The molecule has 0 amide bonds. The highest BCUT2D eigenvalue weighted by Crippen LogP contribution is 2.47. The highest BCUT2D eigenvalue weighted by atomic mass is 32.2. The quantitative estimate of drug-likeness (QED) is 0.169. The maximum absolute atomic E-state index is 2.37. The van der Waals surface area contributed by atoms with Gasteiger partial charge < -0.3 is 0 Å². The zero-order valence-electron chi connectivity index (χ0n) is 26.3. The molecule has 2 aliphatic rings. The first-order valence-corrected chi connectivity index (χ1v) is 18.5. The Balaban J connectivity index is 0.000000145. The summed E-state index contributed by atoms with van der Waals surface area (Å²) in [6.07, 6.45) is 1.13. The van der Waals surface area contributed by atoms with Crippen LogP contribution in [0.5, 0.6) is 0 Å². The van der Waals surface area contributed by atoms with Gasteiger partial charge in [-0.05, 0) is 72.7 Å². The van der Waals surface area contributed by atoms with Crippen LogP contribution in [0, 0.1) is 0 Å². The molecule has 0 saturated carbocycles. The van der Waals surface area contributed by atoms with Gasteiger partial charge in [0.15, 0.2) is 29.4 Å². The Bertz CT molecular complexity index is 1840. The van der Waals surface area contributed by atoms with Gasteiger partial charge in [-0.3, -0.25) is 0 Å². The Morgan fingerprint density at radius 2 is 0.733 bits per heavy atom. The molecule has 6 aromatic carbocycles. The van der Waals surface area contributed by atoms with E-state index in [1.807, 2.05) is 0 Å². The fraction of sp³-hybridized carbons (Fsp3) is 0.163. The van der Waals surface area contributed by atoms with Crippen molar-refractivity contribution >= 4 is 21.8 Å². The molecule has 0 N–H and O–H groups in total. The molecule has 0 fully saturated rings. The third-order valence-corrected chi connectivity index (χ3v) is 14.1. The van der Waals surface area contributed by atoms with Gasteiger partial charge in [-0.2, -0.15) is 0 Å². The van der Waals surface area contributed by atoms with Crippen LogP contribution < -0.4 is 0 Å². The number of rotatable bonds is 2. The number of fused-ring (bicyclic) bond motifs is 4. The van der Waals surface area contributed by atoms with Crippen molar-refractivity contribution in [2.75, 3.05) is 0 Å². The van der Waals surface area contributed by atoms with Gasteiger partial charge in [-0.25, -0.2) is 0 Å². The van der Waals surface area contributed by atoms with Crippen LogP contribution in [0.1, 0.15) is 60.8 Å². The van der Waals surface area contributed by atoms with Gasteiger partial charge in [0.05, 0.1) is 21.8 Å². The molecule has 0 spiro atoms. The van der Waals surface area contributed by atoms with Crippen molar-refractivity contribution in [3.05, 3.63) is 180 Å². The highest BCUT2D eigenvalue weighted by Gasteiger charge is 2.40. The van der Waals surface area contributed by atoms with E-state index in [-0.39, 0.29) is 21.8 Å². The predicted molar refractivity (Wildman–Crippen MR) is 192 cm³/mol. The second kappa shape index (κ2) is 13.2. The van der Waals surface area contributed by atoms with E-state index in [0.717, 1.165) is 6.42 Å². The predicted octanol–water partition coefficient (Wildman–Crippen LogP) is 11.4. The summed E-state index contributed by atoms with van der Waals surface area (Å²) in [6, 6.07) is 58.0. The smallest absolute Gasteiger partial charge is 0.0619 e. The summed E-state index contributed by atoms with van der Waals surface area (Å²) in [7, 11) is -0.0126. The zero-order valence-corrected chi connectivity index (χ0v) is 27.9. The molecule has 8 rings (SSSR count). The number of benzene rings is 6. The lowest BCUT2D eigenvalue weighted by Crippen LogP contribution is -2.07. The molecule has 2 heteroatoms. The summed E-state index contributed by atoms with van der Waals surface area (Å²) in [5, 5.41) is 0. The largest absolute Gasteiger partial charge is 0.170 e. The van der Waals surface area contributed by atoms with Crippen LogP contribution in [0.25, 0.3) is 0 Å². The summed E-state index contributed by atoms with van der Waals surface area (Å²) < 4.78 is 0. The summed E-state index contributed by atoms with van der Waals surface area (Å²) in [5.74, 6) is 1.64. The second-order valence-corrected chi connectivity index (χ2v) is 16.1. The fourth-order valence-corrected chi connectivity index (χ4v) is 12.0.